The van der Waals surface area contributed by atoms with Crippen molar-refractivity contribution >= 4 is 0 Å². The van der Waals surface area contributed by atoms with Gasteiger partial charge < -0.3 is 14.9 Å². The summed E-state index contributed by atoms with van der Waals surface area (Å²) in [5.74, 6) is 0. The van der Waals surface area contributed by atoms with Gasteiger partial charge in [0.25, 0.3) is 0 Å². The predicted octanol–water partition coefficient (Wildman–Crippen LogP) is 3.02. The molecular weight excluding hydrogens is 284 g/mol. The lowest BCUT2D eigenvalue weighted by atomic mass is 10.0. The summed E-state index contributed by atoms with van der Waals surface area (Å²) in [6.07, 6.45) is 0.425. The number of rotatable bonds is 5. The van der Waals surface area contributed by atoms with E-state index in [2.05, 4.69) is 53.2 Å². The van der Waals surface area contributed by atoms with Gasteiger partial charge in [-0.15, -0.1) is 0 Å². The van der Waals surface area contributed by atoms with E-state index in [1.54, 1.807) is 0 Å². The van der Waals surface area contributed by atoms with Gasteiger partial charge >= 0.3 is 0 Å². The van der Waals surface area contributed by atoms with E-state index < -0.39 is 0 Å². The zero-order valence-corrected chi connectivity index (χ0v) is 13.9. The lowest BCUT2D eigenvalue weighted by molar-refractivity contribution is 0.113. The standard InChI is InChI=1S/C20H26N2O/c1-21-13-15-22(16-14-21)12-11-20(23)19-9-7-18(8-10-19)17-5-3-2-4-6-17/h2-10,20,23H,11-16H2,1H3. The number of nitrogens with zero attached hydrogens (tertiary/aromatic N) is 2. The van der Waals surface area contributed by atoms with Crippen LogP contribution in [-0.2, 0) is 0 Å². The third-order valence-corrected chi connectivity index (χ3v) is 4.72. The number of hydrogen-bond donors (Lipinski definition) is 1. The molecule has 3 nitrogen and oxygen atoms in total. The Morgan fingerprint density at radius 2 is 1.48 bits per heavy atom. The maximum Gasteiger partial charge on any atom is 0.0802 e. The van der Waals surface area contributed by atoms with E-state index in [4.69, 9.17) is 0 Å². The van der Waals surface area contributed by atoms with Crippen LogP contribution >= 0.6 is 0 Å². The Morgan fingerprint density at radius 1 is 0.870 bits per heavy atom. The molecule has 0 saturated carbocycles. The minimum Gasteiger partial charge on any atom is -0.388 e. The molecule has 0 aliphatic carbocycles. The molecule has 1 atom stereocenters. The van der Waals surface area contributed by atoms with Crippen LogP contribution < -0.4 is 0 Å². The van der Waals surface area contributed by atoms with Crippen LogP contribution in [-0.4, -0.2) is 54.7 Å². The molecule has 122 valence electrons. The van der Waals surface area contributed by atoms with Gasteiger partial charge in [-0.25, -0.2) is 0 Å². The number of likely N-dealkylation sites (N-methyl/N-ethyl adjacent to an activating group) is 1. The summed E-state index contributed by atoms with van der Waals surface area (Å²) in [4.78, 5) is 4.80. The molecule has 3 heteroatoms. The molecule has 0 amide bonds. The van der Waals surface area contributed by atoms with E-state index in [9.17, 15) is 5.11 Å². The van der Waals surface area contributed by atoms with Gasteiger partial charge in [0.1, 0.15) is 0 Å². The molecule has 0 aromatic heterocycles. The molecule has 1 saturated heterocycles. The highest BCUT2D eigenvalue weighted by molar-refractivity contribution is 5.63. The molecule has 0 spiro atoms. The molecular formula is C20H26N2O. The van der Waals surface area contributed by atoms with Crippen molar-refractivity contribution in [1.82, 2.24) is 9.80 Å². The fourth-order valence-electron chi connectivity index (χ4n) is 3.07. The van der Waals surface area contributed by atoms with Gasteiger partial charge in [0.15, 0.2) is 0 Å². The largest absolute Gasteiger partial charge is 0.388 e. The second-order valence-electron chi connectivity index (χ2n) is 6.44. The monoisotopic (exact) mass is 310 g/mol. The van der Waals surface area contributed by atoms with Crippen molar-refractivity contribution in [3.8, 4) is 11.1 Å². The zero-order chi connectivity index (χ0) is 16.1. The highest BCUT2D eigenvalue weighted by atomic mass is 16.3. The topological polar surface area (TPSA) is 26.7 Å². The Balaban J connectivity index is 1.54. The first-order valence-corrected chi connectivity index (χ1v) is 8.47. The fraction of sp³-hybridized carbons (Fsp3) is 0.400. The van der Waals surface area contributed by atoms with Crippen LogP contribution in [0, 0.1) is 0 Å². The Bertz CT molecular complexity index is 589. The van der Waals surface area contributed by atoms with Crippen LogP contribution in [0.4, 0.5) is 0 Å². The van der Waals surface area contributed by atoms with Crippen LogP contribution in [0.2, 0.25) is 0 Å². The van der Waals surface area contributed by atoms with E-state index in [1.807, 2.05) is 18.2 Å². The third-order valence-electron chi connectivity index (χ3n) is 4.72. The van der Waals surface area contributed by atoms with Crippen molar-refractivity contribution in [3.05, 3.63) is 60.2 Å². The lowest BCUT2D eigenvalue weighted by Gasteiger charge is -2.32. The molecule has 1 fully saturated rings. The summed E-state index contributed by atoms with van der Waals surface area (Å²) >= 11 is 0. The van der Waals surface area contributed by atoms with Crippen molar-refractivity contribution in [2.75, 3.05) is 39.8 Å². The summed E-state index contributed by atoms with van der Waals surface area (Å²) in [5.41, 5.74) is 3.42. The highest BCUT2D eigenvalue weighted by Crippen LogP contribution is 2.23. The molecule has 23 heavy (non-hydrogen) atoms. The predicted molar refractivity (Wildman–Crippen MR) is 95.4 cm³/mol. The zero-order valence-electron chi connectivity index (χ0n) is 13.9. The molecule has 1 aliphatic rings. The average molecular weight is 310 g/mol. The first-order chi connectivity index (χ1) is 11.2. The quantitative estimate of drug-likeness (QED) is 0.919. The Hall–Kier alpha value is -1.68. The van der Waals surface area contributed by atoms with E-state index in [0.29, 0.717) is 0 Å². The Kier molecular flexibility index (Phi) is 5.44. The summed E-state index contributed by atoms with van der Waals surface area (Å²) in [6.45, 7) is 5.44. The number of benzene rings is 2. The van der Waals surface area contributed by atoms with E-state index in [-0.39, 0.29) is 6.10 Å². The molecule has 1 unspecified atom stereocenters. The van der Waals surface area contributed by atoms with Crippen molar-refractivity contribution in [2.24, 2.45) is 0 Å². The summed E-state index contributed by atoms with van der Waals surface area (Å²) in [7, 11) is 2.17. The third kappa shape index (κ3) is 4.41. The summed E-state index contributed by atoms with van der Waals surface area (Å²) in [6, 6.07) is 18.7. The Labute approximate surface area is 139 Å². The summed E-state index contributed by atoms with van der Waals surface area (Å²) in [5, 5.41) is 10.4. The summed E-state index contributed by atoms with van der Waals surface area (Å²) < 4.78 is 0. The smallest absolute Gasteiger partial charge is 0.0802 e. The first-order valence-electron chi connectivity index (χ1n) is 8.47. The van der Waals surface area contributed by atoms with Gasteiger partial charge in [-0.2, -0.15) is 0 Å². The van der Waals surface area contributed by atoms with Crippen LogP contribution in [0.5, 0.6) is 0 Å². The van der Waals surface area contributed by atoms with Gasteiger partial charge in [-0.05, 0) is 30.2 Å². The van der Waals surface area contributed by atoms with Crippen molar-refractivity contribution in [2.45, 2.75) is 12.5 Å². The Morgan fingerprint density at radius 3 is 2.13 bits per heavy atom. The molecule has 1 heterocycles. The number of hydrogen-bond acceptors (Lipinski definition) is 3. The highest BCUT2D eigenvalue weighted by Gasteiger charge is 2.15. The molecule has 0 bridgehead atoms. The second-order valence-corrected chi connectivity index (χ2v) is 6.44. The minimum absolute atomic E-state index is 0.375. The number of piperazine rings is 1. The number of aliphatic hydroxyl groups is 1. The van der Waals surface area contributed by atoms with Crippen molar-refractivity contribution in [1.29, 1.82) is 0 Å². The first kappa shape index (κ1) is 16.2. The molecule has 1 N–H and O–H groups in total. The minimum atomic E-state index is -0.375. The van der Waals surface area contributed by atoms with Gasteiger partial charge in [0.05, 0.1) is 6.10 Å². The van der Waals surface area contributed by atoms with Crippen molar-refractivity contribution in [3.63, 3.8) is 0 Å². The van der Waals surface area contributed by atoms with E-state index >= 15 is 0 Å². The maximum absolute atomic E-state index is 10.4. The van der Waals surface area contributed by atoms with Crippen LogP contribution in [0.1, 0.15) is 18.1 Å². The fourth-order valence-corrected chi connectivity index (χ4v) is 3.07. The van der Waals surface area contributed by atoms with Crippen LogP contribution in [0.25, 0.3) is 11.1 Å². The average Bonchev–Trinajstić information content (AvgIpc) is 2.62. The lowest BCUT2D eigenvalue weighted by Crippen LogP contribution is -2.44. The molecule has 1 aliphatic heterocycles. The molecule has 0 radical (unpaired) electrons. The molecule has 2 aromatic rings. The molecule has 3 rings (SSSR count). The van der Waals surface area contributed by atoms with Gasteiger partial charge in [-0.1, -0.05) is 54.6 Å². The SMILES string of the molecule is CN1CCN(CCC(O)c2ccc(-c3ccccc3)cc2)CC1. The van der Waals surface area contributed by atoms with Gasteiger partial charge in [-0.3, -0.25) is 0 Å². The van der Waals surface area contributed by atoms with Crippen LogP contribution in [0.3, 0.4) is 0 Å². The van der Waals surface area contributed by atoms with Gasteiger partial charge in [0.2, 0.25) is 0 Å². The second kappa shape index (κ2) is 7.73. The van der Waals surface area contributed by atoms with E-state index in [1.165, 1.54) is 11.1 Å². The van der Waals surface area contributed by atoms with Crippen LogP contribution in [0.15, 0.2) is 54.6 Å². The maximum atomic E-state index is 10.4. The normalized spacial score (nSPS) is 18.0. The van der Waals surface area contributed by atoms with E-state index in [0.717, 1.165) is 44.7 Å². The van der Waals surface area contributed by atoms with Gasteiger partial charge in [0, 0.05) is 32.7 Å². The van der Waals surface area contributed by atoms with Crippen molar-refractivity contribution < 1.29 is 5.11 Å². The molecule has 2 aromatic carbocycles. The number of aliphatic hydroxyl groups excluding tert-OH is 1.